The lowest BCUT2D eigenvalue weighted by atomic mass is 10.2. The summed E-state index contributed by atoms with van der Waals surface area (Å²) < 4.78 is 1.98. The van der Waals surface area contributed by atoms with Crippen molar-refractivity contribution >= 4 is 29.0 Å². The second-order valence-electron chi connectivity index (χ2n) is 5.76. The molecule has 1 aromatic carbocycles. The number of aromatic nitrogens is 3. The number of thioether (sulfide) groups is 1. The van der Waals surface area contributed by atoms with Gasteiger partial charge in [-0.3, -0.25) is 9.36 Å². The van der Waals surface area contributed by atoms with Crippen LogP contribution in [0.4, 0.5) is 0 Å². The minimum Gasteiger partial charge on any atom is -0.350 e. The molecule has 0 radical (unpaired) electrons. The van der Waals surface area contributed by atoms with Crippen LogP contribution >= 0.6 is 23.1 Å². The molecule has 0 bridgehead atoms. The molecule has 5 nitrogen and oxygen atoms in total. The summed E-state index contributed by atoms with van der Waals surface area (Å²) in [4.78, 5) is 13.5. The molecule has 130 valence electrons. The Labute approximate surface area is 155 Å². The van der Waals surface area contributed by atoms with Crippen molar-refractivity contribution in [1.29, 1.82) is 0 Å². The zero-order valence-electron chi connectivity index (χ0n) is 14.4. The summed E-state index contributed by atoms with van der Waals surface area (Å²) >= 11 is 3.05. The molecular weight excluding hydrogens is 352 g/mol. The number of benzene rings is 1. The van der Waals surface area contributed by atoms with E-state index in [0.717, 1.165) is 21.5 Å². The van der Waals surface area contributed by atoms with E-state index < -0.39 is 0 Å². The van der Waals surface area contributed by atoms with Crippen LogP contribution in [0.25, 0.3) is 5.69 Å². The van der Waals surface area contributed by atoms with Gasteiger partial charge in [0, 0.05) is 10.6 Å². The average molecular weight is 373 g/mol. The van der Waals surface area contributed by atoms with Crippen LogP contribution in [0.1, 0.15) is 23.2 Å². The third kappa shape index (κ3) is 4.29. The topological polar surface area (TPSA) is 59.8 Å². The zero-order chi connectivity index (χ0) is 17.8. The van der Waals surface area contributed by atoms with Gasteiger partial charge in [-0.25, -0.2) is 0 Å². The lowest BCUT2D eigenvalue weighted by Crippen LogP contribution is -2.30. The van der Waals surface area contributed by atoms with Gasteiger partial charge in [0.05, 0.1) is 11.8 Å². The molecular formula is C18H20N4OS2. The molecule has 25 heavy (non-hydrogen) atoms. The van der Waals surface area contributed by atoms with Gasteiger partial charge in [0.1, 0.15) is 5.82 Å². The Bertz CT molecular complexity index is 841. The van der Waals surface area contributed by atoms with Crippen LogP contribution in [0.5, 0.6) is 0 Å². The summed E-state index contributed by atoms with van der Waals surface area (Å²) in [6, 6.07) is 12.2. The van der Waals surface area contributed by atoms with Gasteiger partial charge in [0.2, 0.25) is 5.91 Å². The molecule has 3 aromatic rings. The van der Waals surface area contributed by atoms with Crippen molar-refractivity contribution in [3.8, 4) is 5.69 Å². The van der Waals surface area contributed by atoms with Gasteiger partial charge in [-0.05, 0) is 44.4 Å². The number of amides is 1. The molecule has 3 rings (SSSR count). The van der Waals surface area contributed by atoms with Crippen LogP contribution in [0.15, 0.2) is 46.9 Å². The lowest BCUT2D eigenvalue weighted by molar-refractivity contribution is -0.120. The maximum absolute atomic E-state index is 12.4. The monoisotopic (exact) mass is 372 g/mol. The highest BCUT2D eigenvalue weighted by Crippen LogP contribution is 2.26. The summed E-state index contributed by atoms with van der Waals surface area (Å²) in [5, 5.41) is 13.9. The number of rotatable bonds is 6. The average Bonchev–Trinajstić information content (AvgIpc) is 3.24. The van der Waals surface area contributed by atoms with Crippen LogP contribution in [0, 0.1) is 13.8 Å². The largest absolute Gasteiger partial charge is 0.350 e. The maximum Gasteiger partial charge on any atom is 0.233 e. The zero-order valence-corrected chi connectivity index (χ0v) is 16.0. The van der Waals surface area contributed by atoms with E-state index in [0.29, 0.717) is 6.54 Å². The van der Waals surface area contributed by atoms with Crippen LogP contribution < -0.4 is 5.32 Å². The molecule has 1 atom stereocenters. The second-order valence-corrected chi connectivity index (χ2v) is 8.10. The van der Waals surface area contributed by atoms with Gasteiger partial charge in [-0.15, -0.1) is 21.5 Å². The van der Waals surface area contributed by atoms with Crippen molar-refractivity contribution < 1.29 is 4.79 Å². The summed E-state index contributed by atoms with van der Waals surface area (Å²) in [5.41, 5.74) is 2.20. The summed E-state index contributed by atoms with van der Waals surface area (Å²) in [6.45, 7) is 6.42. The Hall–Kier alpha value is -2.12. The number of carbonyl (C=O) groups is 1. The Morgan fingerprint density at radius 3 is 2.68 bits per heavy atom. The first kappa shape index (κ1) is 17.7. The molecule has 1 unspecified atom stereocenters. The fraction of sp³-hybridized carbons (Fsp3) is 0.278. The molecule has 0 aliphatic carbocycles. The minimum atomic E-state index is -0.257. The van der Waals surface area contributed by atoms with Gasteiger partial charge in [0.25, 0.3) is 0 Å². The highest BCUT2D eigenvalue weighted by atomic mass is 32.2. The first-order valence-electron chi connectivity index (χ1n) is 8.00. The molecule has 7 heteroatoms. The molecule has 1 amide bonds. The van der Waals surface area contributed by atoms with Gasteiger partial charge >= 0.3 is 0 Å². The molecule has 0 fully saturated rings. The number of thiophene rings is 1. The normalized spacial score (nSPS) is 12.1. The van der Waals surface area contributed by atoms with Gasteiger partial charge in [0.15, 0.2) is 5.16 Å². The molecule has 0 aliphatic rings. The first-order chi connectivity index (χ1) is 12.0. The van der Waals surface area contributed by atoms with E-state index in [1.807, 2.05) is 48.1 Å². The van der Waals surface area contributed by atoms with Crippen molar-refractivity contribution in [3.63, 3.8) is 0 Å². The number of aryl methyl sites for hydroxylation is 2. The van der Waals surface area contributed by atoms with E-state index in [1.54, 1.807) is 11.3 Å². The van der Waals surface area contributed by atoms with Crippen LogP contribution in [-0.2, 0) is 11.3 Å². The van der Waals surface area contributed by atoms with E-state index >= 15 is 0 Å². The highest BCUT2D eigenvalue weighted by Gasteiger charge is 2.19. The van der Waals surface area contributed by atoms with Crippen molar-refractivity contribution in [2.75, 3.05) is 0 Å². The maximum atomic E-state index is 12.4. The molecule has 0 aliphatic heterocycles. The van der Waals surface area contributed by atoms with E-state index in [4.69, 9.17) is 0 Å². The van der Waals surface area contributed by atoms with Crippen molar-refractivity contribution in [1.82, 2.24) is 20.1 Å². The SMILES string of the molecule is Cc1ccc(-n2c(C)nnc2SC(C)C(=O)NCc2cccs2)cc1. The van der Waals surface area contributed by atoms with Gasteiger partial charge < -0.3 is 5.32 Å². The smallest absolute Gasteiger partial charge is 0.233 e. The van der Waals surface area contributed by atoms with Crippen LogP contribution in [0.2, 0.25) is 0 Å². The molecule has 0 saturated heterocycles. The van der Waals surface area contributed by atoms with E-state index in [-0.39, 0.29) is 11.2 Å². The van der Waals surface area contributed by atoms with E-state index in [9.17, 15) is 4.79 Å². The second kappa shape index (κ2) is 7.84. The van der Waals surface area contributed by atoms with Gasteiger partial charge in [-0.2, -0.15) is 0 Å². The van der Waals surface area contributed by atoms with Crippen LogP contribution in [-0.4, -0.2) is 25.9 Å². The Morgan fingerprint density at radius 1 is 1.24 bits per heavy atom. The Balaban J connectivity index is 1.70. The number of hydrogen-bond acceptors (Lipinski definition) is 5. The molecule has 0 saturated carbocycles. The van der Waals surface area contributed by atoms with Crippen molar-refractivity contribution in [2.45, 2.75) is 37.7 Å². The fourth-order valence-corrected chi connectivity index (χ4v) is 3.94. The number of nitrogens with zero attached hydrogens (tertiary/aromatic N) is 3. The predicted octanol–water partition coefficient (Wildman–Crippen LogP) is 3.74. The fourth-order valence-electron chi connectivity index (χ4n) is 2.35. The Kier molecular flexibility index (Phi) is 5.55. The molecule has 0 spiro atoms. The molecule has 2 aromatic heterocycles. The van der Waals surface area contributed by atoms with Gasteiger partial charge in [-0.1, -0.05) is 35.5 Å². The number of hydrogen-bond donors (Lipinski definition) is 1. The third-order valence-corrected chi connectivity index (χ3v) is 5.67. The standard InChI is InChI=1S/C18H20N4OS2/c1-12-6-8-15(9-7-12)22-14(3)20-21-18(22)25-13(2)17(23)19-11-16-5-4-10-24-16/h4-10,13H,11H2,1-3H3,(H,19,23). The summed E-state index contributed by atoms with van der Waals surface area (Å²) in [5.74, 6) is 0.798. The first-order valence-corrected chi connectivity index (χ1v) is 9.76. The predicted molar refractivity (Wildman–Crippen MR) is 102 cm³/mol. The van der Waals surface area contributed by atoms with E-state index in [1.165, 1.54) is 17.3 Å². The summed E-state index contributed by atoms with van der Waals surface area (Å²) in [6.07, 6.45) is 0. The third-order valence-electron chi connectivity index (χ3n) is 3.76. The van der Waals surface area contributed by atoms with Crippen LogP contribution in [0.3, 0.4) is 0 Å². The number of nitrogens with one attached hydrogen (secondary N) is 1. The quantitative estimate of drug-likeness (QED) is 0.670. The van der Waals surface area contributed by atoms with E-state index in [2.05, 4.69) is 34.6 Å². The Morgan fingerprint density at radius 2 is 2.00 bits per heavy atom. The minimum absolute atomic E-state index is 0.00508. The molecule has 1 N–H and O–H groups in total. The molecule has 2 heterocycles. The lowest BCUT2D eigenvalue weighted by Gasteiger charge is -2.13. The summed E-state index contributed by atoms with van der Waals surface area (Å²) in [7, 11) is 0. The van der Waals surface area contributed by atoms with Crippen molar-refractivity contribution in [2.24, 2.45) is 0 Å². The number of carbonyl (C=O) groups excluding carboxylic acids is 1. The highest BCUT2D eigenvalue weighted by molar-refractivity contribution is 8.00. The van der Waals surface area contributed by atoms with Crippen molar-refractivity contribution in [3.05, 3.63) is 58.0 Å².